The molecular weight excluding hydrogens is 342 g/mol. The third-order valence-electron chi connectivity index (χ3n) is 5.08. The molecule has 1 atom stereocenters. The normalized spacial score (nSPS) is 16.5. The highest BCUT2D eigenvalue weighted by molar-refractivity contribution is 7.80. The summed E-state index contributed by atoms with van der Waals surface area (Å²) in [6, 6.07) is 8.83. The average molecular weight is 372 g/mol. The van der Waals surface area contributed by atoms with Gasteiger partial charge in [-0.05, 0) is 69.4 Å². The highest BCUT2D eigenvalue weighted by Gasteiger charge is 2.16. The number of pyridine rings is 1. The highest BCUT2D eigenvalue weighted by atomic mass is 32.1. The second kappa shape index (κ2) is 8.18. The Labute approximate surface area is 161 Å². The van der Waals surface area contributed by atoms with Crippen LogP contribution in [0.2, 0.25) is 0 Å². The van der Waals surface area contributed by atoms with E-state index in [0.29, 0.717) is 11.2 Å². The Bertz CT molecular complexity index is 783. The van der Waals surface area contributed by atoms with Crippen LogP contribution in [0, 0.1) is 6.92 Å². The van der Waals surface area contributed by atoms with E-state index < -0.39 is 0 Å². The molecule has 1 aromatic heterocycles. The quantitative estimate of drug-likeness (QED) is 0.804. The molecule has 1 unspecified atom stereocenters. The second-order valence-corrected chi connectivity index (χ2v) is 7.64. The van der Waals surface area contributed by atoms with Crippen molar-refractivity contribution >= 4 is 39.7 Å². The molecule has 0 aliphatic carbocycles. The number of fused-ring (bicyclic) bond motifs is 1. The number of benzene rings is 1. The lowest BCUT2D eigenvalue weighted by molar-refractivity contribution is 0.312. The zero-order valence-electron chi connectivity index (χ0n) is 16.2. The minimum atomic E-state index is 0.366. The fraction of sp³-hybridized carbons (Fsp3) is 0.500. The lowest BCUT2D eigenvalue weighted by Gasteiger charge is -2.33. The van der Waals surface area contributed by atoms with E-state index in [4.69, 9.17) is 17.2 Å². The van der Waals surface area contributed by atoms with Crippen molar-refractivity contribution in [2.75, 3.05) is 43.4 Å². The minimum absolute atomic E-state index is 0.366. The lowest BCUT2D eigenvalue weighted by Crippen LogP contribution is -2.44. The van der Waals surface area contributed by atoms with Crippen LogP contribution in [0.1, 0.15) is 25.8 Å². The smallest absolute Gasteiger partial charge is 0.170 e. The summed E-state index contributed by atoms with van der Waals surface area (Å²) < 4.78 is 0. The summed E-state index contributed by atoms with van der Waals surface area (Å²) in [6.45, 7) is 10.7. The Morgan fingerprint density at radius 3 is 2.65 bits per heavy atom. The molecule has 5 nitrogen and oxygen atoms in total. The van der Waals surface area contributed by atoms with Crippen molar-refractivity contribution in [1.82, 2.24) is 15.2 Å². The number of rotatable bonds is 4. The highest BCUT2D eigenvalue weighted by Crippen LogP contribution is 2.26. The molecular formula is C20H29N5S. The molecule has 0 saturated carbocycles. The van der Waals surface area contributed by atoms with E-state index in [1.165, 1.54) is 10.9 Å². The van der Waals surface area contributed by atoms with E-state index in [9.17, 15) is 0 Å². The predicted octanol–water partition coefficient (Wildman–Crippen LogP) is 3.38. The van der Waals surface area contributed by atoms with Gasteiger partial charge in [0, 0.05) is 43.3 Å². The summed E-state index contributed by atoms with van der Waals surface area (Å²) in [4.78, 5) is 9.64. The van der Waals surface area contributed by atoms with Crippen LogP contribution >= 0.6 is 12.2 Å². The zero-order chi connectivity index (χ0) is 18.7. The van der Waals surface area contributed by atoms with E-state index in [0.717, 1.165) is 49.6 Å². The van der Waals surface area contributed by atoms with Gasteiger partial charge in [-0.1, -0.05) is 6.92 Å². The Kier molecular flexibility index (Phi) is 5.94. The van der Waals surface area contributed by atoms with Gasteiger partial charge in [0.25, 0.3) is 0 Å². The molecule has 0 radical (unpaired) electrons. The van der Waals surface area contributed by atoms with Crippen molar-refractivity contribution < 1.29 is 0 Å². The van der Waals surface area contributed by atoms with Crippen molar-refractivity contribution in [2.45, 2.75) is 33.2 Å². The van der Waals surface area contributed by atoms with Crippen molar-refractivity contribution in [3.8, 4) is 0 Å². The maximum absolute atomic E-state index is 5.40. The first-order valence-electron chi connectivity index (χ1n) is 9.38. The maximum Gasteiger partial charge on any atom is 0.170 e. The van der Waals surface area contributed by atoms with Crippen LogP contribution in [-0.2, 0) is 0 Å². The third kappa shape index (κ3) is 4.43. The molecule has 0 spiro atoms. The fourth-order valence-electron chi connectivity index (χ4n) is 3.14. The van der Waals surface area contributed by atoms with Gasteiger partial charge >= 0.3 is 0 Å². The van der Waals surface area contributed by atoms with E-state index in [1.54, 1.807) is 0 Å². The molecule has 2 N–H and O–H groups in total. The number of piperazine rings is 1. The molecule has 140 valence electrons. The average Bonchev–Trinajstić information content (AvgIpc) is 2.62. The zero-order valence-corrected chi connectivity index (χ0v) is 17.0. The van der Waals surface area contributed by atoms with E-state index >= 15 is 0 Å². The fourth-order valence-corrected chi connectivity index (χ4v) is 3.46. The topological polar surface area (TPSA) is 43.4 Å². The molecule has 26 heavy (non-hydrogen) atoms. The number of thiocarbonyl (C=S) groups is 1. The molecule has 1 aliphatic rings. The molecule has 3 rings (SSSR count). The van der Waals surface area contributed by atoms with Crippen molar-refractivity contribution in [3.63, 3.8) is 0 Å². The lowest BCUT2D eigenvalue weighted by atomic mass is 10.1. The van der Waals surface area contributed by atoms with Crippen LogP contribution in [-0.4, -0.2) is 54.3 Å². The number of hydrogen-bond acceptors (Lipinski definition) is 4. The summed E-state index contributed by atoms with van der Waals surface area (Å²) >= 11 is 5.40. The summed E-state index contributed by atoms with van der Waals surface area (Å²) in [5, 5.41) is 8.41. The van der Waals surface area contributed by atoms with E-state index in [2.05, 4.69) is 66.5 Å². The number of anilines is 2. The molecule has 1 fully saturated rings. The van der Waals surface area contributed by atoms with Crippen LogP contribution in [0.4, 0.5) is 11.5 Å². The Balaban J connectivity index is 1.79. The molecule has 0 bridgehead atoms. The Morgan fingerprint density at radius 2 is 1.96 bits per heavy atom. The van der Waals surface area contributed by atoms with Gasteiger partial charge in [0.2, 0.25) is 0 Å². The molecule has 1 saturated heterocycles. The first-order chi connectivity index (χ1) is 12.5. The van der Waals surface area contributed by atoms with E-state index in [1.807, 2.05) is 6.07 Å². The van der Waals surface area contributed by atoms with Crippen molar-refractivity contribution in [1.29, 1.82) is 0 Å². The molecule has 1 aromatic carbocycles. The number of hydrogen-bond donors (Lipinski definition) is 2. The van der Waals surface area contributed by atoms with Gasteiger partial charge in [-0.15, -0.1) is 0 Å². The minimum Gasteiger partial charge on any atom is -0.360 e. The molecule has 1 aliphatic heterocycles. The predicted molar refractivity (Wildman–Crippen MR) is 115 cm³/mol. The van der Waals surface area contributed by atoms with Crippen LogP contribution in [0.5, 0.6) is 0 Å². The van der Waals surface area contributed by atoms with Gasteiger partial charge < -0.3 is 20.4 Å². The van der Waals surface area contributed by atoms with Crippen LogP contribution in [0.25, 0.3) is 10.9 Å². The van der Waals surface area contributed by atoms with Crippen molar-refractivity contribution in [3.05, 3.63) is 29.8 Å². The van der Waals surface area contributed by atoms with Crippen LogP contribution < -0.4 is 15.5 Å². The Morgan fingerprint density at radius 1 is 1.23 bits per heavy atom. The SMILES string of the molecule is CCC(C)NC(=S)Nc1ccc2nc(N3CCN(C)CC3)cc(C)c2c1. The van der Waals surface area contributed by atoms with Gasteiger partial charge in [-0.25, -0.2) is 4.98 Å². The first-order valence-corrected chi connectivity index (χ1v) is 9.79. The second-order valence-electron chi connectivity index (χ2n) is 7.23. The van der Waals surface area contributed by atoms with Gasteiger partial charge in [-0.3, -0.25) is 0 Å². The summed E-state index contributed by atoms with van der Waals surface area (Å²) in [5.74, 6) is 1.08. The number of aryl methyl sites for hydroxylation is 1. The number of nitrogens with one attached hydrogen (secondary N) is 2. The van der Waals surface area contributed by atoms with Crippen LogP contribution in [0.15, 0.2) is 24.3 Å². The monoisotopic (exact) mass is 371 g/mol. The molecule has 2 aromatic rings. The molecule has 6 heteroatoms. The van der Waals surface area contributed by atoms with Crippen LogP contribution in [0.3, 0.4) is 0 Å². The Hall–Kier alpha value is -1.92. The summed E-state index contributed by atoms with van der Waals surface area (Å²) in [7, 11) is 2.17. The van der Waals surface area contributed by atoms with Gasteiger partial charge in [0.05, 0.1) is 5.52 Å². The molecule has 0 amide bonds. The standard InChI is InChI=1S/C20H29N5S/c1-5-15(3)21-20(26)22-16-6-7-18-17(13-16)14(2)12-19(23-18)25-10-8-24(4)9-11-25/h6-7,12-13,15H,5,8-11H2,1-4H3,(H2,21,22,26). The summed E-state index contributed by atoms with van der Waals surface area (Å²) in [5.41, 5.74) is 3.27. The largest absolute Gasteiger partial charge is 0.360 e. The molecule has 2 heterocycles. The number of nitrogens with zero attached hydrogens (tertiary/aromatic N) is 3. The van der Waals surface area contributed by atoms with Gasteiger partial charge in [-0.2, -0.15) is 0 Å². The van der Waals surface area contributed by atoms with E-state index in [-0.39, 0.29) is 0 Å². The van der Waals surface area contributed by atoms with Gasteiger partial charge in [0.1, 0.15) is 5.82 Å². The van der Waals surface area contributed by atoms with Gasteiger partial charge in [0.15, 0.2) is 5.11 Å². The third-order valence-corrected chi connectivity index (χ3v) is 5.30. The number of aromatic nitrogens is 1. The summed E-state index contributed by atoms with van der Waals surface area (Å²) in [6.07, 6.45) is 1.04. The number of likely N-dealkylation sites (N-methyl/N-ethyl adjacent to an activating group) is 1. The van der Waals surface area contributed by atoms with Crippen molar-refractivity contribution in [2.24, 2.45) is 0 Å². The maximum atomic E-state index is 5.40. The first kappa shape index (κ1) is 18.9.